The Morgan fingerprint density at radius 3 is 2.50 bits per heavy atom. The van der Waals surface area contributed by atoms with Gasteiger partial charge in [0.05, 0.1) is 4.92 Å². The fraction of sp³-hybridized carbons (Fsp3) is 0.500. The number of halogens is 1. The number of nitro benzene ring substituents is 1. The van der Waals surface area contributed by atoms with Gasteiger partial charge in [-0.05, 0) is 30.7 Å². The predicted molar refractivity (Wildman–Crippen MR) is 78.0 cm³/mol. The van der Waals surface area contributed by atoms with Crippen LogP contribution in [0.1, 0.15) is 29.6 Å². The van der Waals surface area contributed by atoms with Crippen LogP contribution in [0.3, 0.4) is 0 Å². The molecule has 0 aromatic heterocycles. The van der Waals surface area contributed by atoms with Crippen LogP contribution in [0.4, 0.5) is 5.69 Å². The summed E-state index contributed by atoms with van der Waals surface area (Å²) in [7, 11) is 0. The van der Waals surface area contributed by atoms with Crippen LogP contribution in [0, 0.1) is 15.5 Å². The van der Waals surface area contributed by atoms with Crippen LogP contribution >= 0.6 is 15.9 Å². The van der Waals surface area contributed by atoms with Gasteiger partial charge < -0.3 is 4.90 Å². The molecule has 1 saturated carbocycles. The zero-order valence-electron chi connectivity index (χ0n) is 10.9. The number of piperidine rings is 1. The van der Waals surface area contributed by atoms with E-state index in [1.54, 1.807) is 17.0 Å². The summed E-state index contributed by atoms with van der Waals surface area (Å²) in [5.41, 5.74) is 0.460. The van der Waals surface area contributed by atoms with Gasteiger partial charge in [0, 0.05) is 24.0 Å². The molecule has 0 bridgehead atoms. The monoisotopic (exact) mass is 338 g/mol. The highest BCUT2D eigenvalue weighted by molar-refractivity contribution is 9.09. The molecule has 1 atom stereocenters. The van der Waals surface area contributed by atoms with E-state index in [0.29, 0.717) is 23.3 Å². The first kappa shape index (κ1) is 13.5. The van der Waals surface area contributed by atoms with Crippen LogP contribution in [-0.2, 0) is 0 Å². The van der Waals surface area contributed by atoms with Crippen LogP contribution in [-0.4, -0.2) is 33.6 Å². The maximum atomic E-state index is 12.4. The van der Waals surface area contributed by atoms with Gasteiger partial charge >= 0.3 is 0 Å². The first-order valence-corrected chi connectivity index (χ1v) is 7.62. The van der Waals surface area contributed by atoms with Crippen molar-refractivity contribution in [3.8, 4) is 0 Å². The molecular formula is C14H15BrN2O3. The van der Waals surface area contributed by atoms with E-state index in [9.17, 15) is 14.9 Å². The Morgan fingerprint density at radius 1 is 1.35 bits per heavy atom. The molecule has 3 rings (SSSR count). The number of alkyl halides is 1. The Bertz CT molecular complexity index is 567. The summed E-state index contributed by atoms with van der Waals surface area (Å²) in [6.07, 6.45) is 3.14. The van der Waals surface area contributed by atoms with Gasteiger partial charge in [-0.1, -0.05) is 28.1 Å². The molecule has 6 heteroatoms. The summed E-state index contributed by atoms with van der Waals surface area (Å²) in [5.74, 6) is -0.223. The molecule has 1 aliphatic carbocycles. The number of hydrogen-bond acceptors (Lipinski definition) is 3. The molecule has 1 spiro atoms. The third-order valence-electron chi connectivity index (χ3n) is 4.47. The molecule has 106 valence electrons. The van der Waals surface area contributed by atoms with Crippen molar-refractivity contribution in [1.29, 1.82) is 0 Å². The number of rotatable bonds is 2. The second kappa shape index (κ2) is 4.84. The van der Waals surface area contributed by atoms with Gasteiger partial charge in [0.15, 0.2) is 0 Å². The fourth-order valence-corrected chi connectivity index (χ4v) is 4.06. The van der Waals surface area contributed by atoms with E-state index in [1.807, 2.05) is 0 Å². The van der Waals surface area contributed by atoms with E-state index >= 15 is 0 Å². The number of nitrogens with zero attached hydrogens (tertiary/aromatic N) is 2. The number of carbonyl (C=O) groups excluding carboxylic acids is 1. The number of amides is 1. The summed E-state index contributed by atoms with van der Waals surface area (Å²) in [6, 6.07) is 6.17. The Balaban J connectivity index is 1.75. The summed E-state index contributed by atoms with van der Waals surface area (Å²) < 4.78 is 0. The third-order valence-corrected chi connectivity index (χ3v) is 5.76. The molecule has 1 aromatic rings. The second-order valence-electron chi connectivity index (χ2n) is 5.60. The lowest BCUT2D eigenvalue weighted by Crippen LogP contribution is -2.39. The number of para-hydroxylation sites is 1. The van der Waals surface area contributed by atoms with Gasteiger partial charge in [-0.15, -0.1) is 0 Å². The van der Waals surface area contributed by atoms with E-state index in [4.69, 9.17) is 0 Å². The van der Waals surface area contributed by atoms with Gasteiger partial charge in [0.1, 0.15) is 5.56 Å². The Hall–Kier alpha value is -1.43. The Morgan fingerprint density at radius 2 is 1.95 bits per heavy atom. The van der Waals surface area contributed by atoms with Gasteiger partial charge in [-0.25, -0.2) is 0 Å². The highest BCUT2D eigenvalue weighted by Crippen LogP contribution is 2.58. The molecule has 1 amide bonds. The molecule has 20 heavy (non-hydrogen) atoms. The van der Waals surface area contributed by atoms with Crippen LogP contribution in [0.25, 0.3) is 0 Å². The Kier molecular flexibility index (Phi) is 3.28. The molecular weight excluding hydrogens is 324 g/mol. The second-order valence-corrected chi connectivity index (χ2v) is 6.71. The minimum atomic E-state index is -0.492. The molecule has 1 saturated heterocycles. The fourth-order valence-electron chi connectivity index (χ4n) is 2.95. The van der Waals surface area contributed by atoms with Crippen LogP contribution in [0.15, 0.2) is 24.3 Å². The summed E-state index contributed by atoms with van der Waals surface area (Å²) >= 11 is 3.64. The van der Waals surface area contributed by atoms with Crippen molar-refractivity contribution in [2.75, 3.05) is 13.1 Å². The van der Waals surface area contributed by atoms with Gasteiger partial charge in [0.2, 0.25) is 0 Å². The van der Waals surface area contributed by atoms with Crippen LogP contribution in [0.5, 0.6) is 0 Å². The molecule has 5 nitrogen and oxygen atoms in total. The first-order valence-electron chi connectivity index (χ1n) is 6.70. The van der Waals surface area contributed by atoms with Crippen molar-refractivity contribution < 1.29 is 9.72 Å². The molecule has 0 radical (unpaired) electrons. The van der Waals surface area contributed by atoms with Crippen molar-refractivity contribution >= 4 is 27.5 Å². The largest absolute Gasteiger partial charge is 0.338 e. The maximum absolute atomic E-state index is 12.4. The highest BCUT2D eigenvalue weighted by atomic mass is 79.9. The molecule has 2 aliphatic rings. The number of benzene rings is 1. The zero-order valence-corrected chi connectivity index (χ0v) is 12.5. The average Bonchev–Trinajstić information content (AvgIpc) is 3.08. The number of nitro groups is 1. The van der Waals surface area contributed by atoms with Gasteiger partial charge in [0.25, 0.3) is 11.6 Å². The summed E-state index contributed by atoms with van der Waals surface area (Å²) in [4.78, 5) is 25.3. The predicted octanol–water partition coefficient (Wildman–Crippen LogP) is 2.98. The molecule has 1 aromatic carbocycles. The summed E-state index contributed by atoms with van der Waals surface area (Å²) in [5, 5.41) is 11.0. The lowest BCUT2D eigenvalue weighted by molar-refractivity contribution is -0.385. The SMILES string of the molecule is O=C(c1ccccc1[N+](=O)[O-])N1CCC2(CC1)CC2Br. The van der Waals surface area contributed by atoms with E-state index in [1.165, 1.54) is 18.6 Å². The molecule has 1 heterocycles. The molecule has 1 aliphatic heterocycles. The normalized spacial score (nSPS) is 23.6. The Labute approximate surface area is 125 Å². The minimum Gasteiger partial charge on any atom is -0.338 e. The number of carbonyl (C=O) groups is 1. The summed E-state index contributed by atoms with van der Waals surface area (Å²) in [6.45, 7) is 1.37. The van der Waals surface area contributed by atoms with E-state index in [0.717, 1.165) is 12.8 Å². The standard InChI is InChI=1S/C14H15BrN2O3/c15-12-9-14(12)5-7-16(8-6-14)13(18)10-3-1-2-4-11(10)17(19)20/h1-4,12H,5-9H2. The molecule has 2 fully saturated rings. The molecule has 1 unspecified atom stereocenters. The zero-order chi connectivity index (χ0) is 14.3. The van der Waals surface area contributed by atoms with E-state index in [-0.39, 0.29) is 17.2 Å². The van der Waals surface area contributed by atoms with Crippen molar-refractivity contribution in [1.82, 2.24) is 4.90 Å². The first-order chi connectivity index (χ1) is 9.53. The van der Waals surface area contributed by atoms with Crippen molar-refractivity contribution in [3.05, 3.63) is 39.9 Å². The van der Waals surface area contributed by atoms with Crippen molar-refractivity contribution in [3.63, 3.8) is 0 Å². The minimum absolute atomic E-state index is 0.109. The van der Waals surface area contributed by atoms with Crippen LogP contribution in [0.2, 0.25) is 0 Å². The van der Waals surface area contributed by atoms with Crippen molar-refractivity contribution in [2.45, 2.75) is 24.1 Å². The number of hydrogen-bond donors (Lipinski definition) is 0. The smallest absolute Gasteiger partial charge is 0.282 e. The lowest BCUT2D eigenvalue weighted by Gasteiger charge is -2.32. The van der Waals surface area contributed by atoms with Gasteiger partial charge in [-0.2, -0.15) is 0 Å². The average molecular weight is 339 g/mol. The maximum Gasteiger partial charge on any atom is 0.282 e. The van der Waals surface area contributed by atoms with E-state index < -0.39 is 4.92 Å². The van der Waals surface area contributed by atoms with Crippen molar-refractivity contribution in [2.24, 2.45) is 5.41 Å². The van der Waals surface area contributed by atoms with E-state index in [2.05, 4.69) is 15.9 Å². The molecule has 0 N–H and O–H groups in total. The topological polar surface area (TPSA) is 63.4 Å². The lowest BCUT2D eigenvalue weighted by atomic mass is 9.93. The quantitative estimate of drug-likeness (QED) is 0.473. The third kappa shape index (κ3) is 2.22. The highest BCUT2D eigenvalue weighted by Gasteiger charge is 2.53. The van der Waals surface area contributed by atoms with Gasteiger partial charge in [-0.3, -0.25) is 14.9 Å². The van der Waals surface area contributed by atoms with Crippen LogP contribution < -0.4 is 0 Å². The number of likely N-dealkylation sites (tertiary alicyclic amines) is 1.